The van der Waals surface area contributed by atoms with Crippen LogP contribution in [0.4, 0.5) is 4.79 Å². The Labute approximate surface area is 184 Å². The van der Waals surface area contributed by atoms with Gasteiger partial charge in [-0.25, -0.2) is 4.79 Å². The first kappa shape index (κ1) is 18.7. The molecule has 1 saturated heterocycles. The Morgan fingerprint density at radius 1 is 0.906 bits per heavy atom. The Balaban J connectivity index is 1.49. The molecule has 0 spiro atoms. The van der Waals surface area contributed by atoms with Crippen LogP contribution in [0.15, 0.2) is 78.9 Å². The first-order valence-corrected chi connectivity index (χ1v) is 10.7. The zero-order valence-electron chi connectivity index (χ0n) is 17.2. The van der Waals surface area contributed by atoms with Crippen LogP contribution in [-0.2, 0) is 17.8 Å². The fourth-order valence-corrected chi connectivity index (χ4v) is 5.04. The van der Waals surface area contributed by atoms with Crippen LogP contribution >= 0.6 is 0 Å². The smallest absolute Gasteiger partial charge is 0.328 e. The number of aromatic hydroxyl groups is 1. The standard InChI is InChI=1S/C26H21N3O3/c30-18-12-10-17(11-13-18)24-23-20(19-8-4-5-9-21(19)27-23)14-22-25(31)28(26(32)29(22)24)15-16-6-2-1-3-7-16/h1-13,22,24,27,30H,14-15H2/t22-,24-/m0/s1. The van der Waals surface area contributed by atoms with E-state index in [0.717, 1.165) is 33.3 Å². The Bertz CT molecular complexity index is 1340. The molecule has 0 bridgehead atoms. The maximum Gasteiger partial charge on any atom is 0.328 e. The molecule has 6 heteroatoms. The third-order valence-electron chi connectivity index (χ3n) is 6.53. The number of nitrogens with one attached hydrogen (secondary N) is 1. The number of benzene rings is 3. The first-order chi connectivity index (χ1) is 15.6. The number of aromatic nitrogens is 1. The van der Waals surface area contributed by atoms with Gasteiger partial charge in [0.05, 0.1) is 6.54 Å². The van der Waals surface area contributed by atoms with Crippen LogP contribution in [0.5, 0.6) is 5.75 Å². The Morgan fingerprint density at radius 2 is 1.62 bits per heavy atom. The number of phenolic OH excluding ortho intramolecular Hbond substituents is 1. The van der Waals surface area contributed by atoms with Crippen LogP contribution in [-0.4, -0.2) is 37.9 Å². The summed E-state index contributed by atoms with van der Waals surface area (Å²) in [6.07, 6.45) is 0.476. The molecule has 0 unspecified atom stereocenters. The fourth-order valence-electron chi connectivity index (χ4n) is 5.04. The van der Waals surface area contributed by atoms with Crippen molar-refractivity contribution in [2.75, 3.05) is 0 Å². The van der Waals surface area contributed by atoms with Gasteiger partial charge < -0.3 is 10.1 Å². The lowest BCUT2D eigenvalue weighted by molar-refractivity contribution is -0.129. The van der Waals surface area contributed by atoms with Crippen molar-refractivity contribution in [1.29, 1.82) is 0 Å². The van der Waals surface area contributed by atoms with Crippen molar-refractivity contribution in [2.24, 2.45) is 0 Å². The summed E-state index contributed by atoms with van der Waals surface area (Å²) >= 11 is 0. The zero-order valence-corrected chi connectivity index (χ0v) is 17.2. The number of amides is 3. The molecule has 32 heavy (non-hydrogen) atoms. The molecule has 3 aromatic carbocycles. The number of hydrogen-bond donors (Lipinski definition) is 2. The molecule has 6 nitrogen and oxygen atoms in total. The fraction of sp³-hybridized carbons (Fsp3) is 0.154. The number of nitrogens with zero attached hydrogens (tertiary/aromatic N) is 2. The summed E-state index contributed by atoms with van der Waals surface area (Å²) < 4.78 is 0. The molecule has 3 heterocycles. The largest absolute Gasteiger partial charge is 0.508 e. The van der Waals surface area contributed by atoms with Crippen LogP contribution in [0, 0.1) is 0 Å². The Kier molecular flexibility index (Phi) is 4.08. The maximum atomic E-state index is 13.6. The van der Waals surface area contributed by atoms with E-state index in [1.54, 1.807) is 17.0 Å². The number of carbonyl (C=O) groups is 2. The molecule has 1 aromatic heterocycles. The molecule has 0 aliphatic carbocycles. The van der Waals surface area contributed by atoms with E-state index in [2.05, 4.69) is 11.1 Å². The third-order valence-corrected chi connectivity index (χ3v) is 6.53. The molecule has 4 aromatic rings. The van der Waals surface area contributed by atoms with Gasteiger partial charge in [-0.15, -0.1) is 0 Å². The monoisotopic (exact) mass is 423 g/mol. The molecule has 1 fully saturated rings. The molecule has 2 N–H and O–H groups in total. The average Bonchev–Trinajstić information content (AvgIpc) is 3.30. The minimum Gasteiger partial charge on any atom is -0.508 e. The summed E-state index contributed by atoms with van der Waals surface area (Å²) in [6.45, 7) is 0.252. The molecule has 3 amide bonds. The van der Waals surface area contributed by atoms with Gasteiger partial charge >= 0.3 is 6.03 Å². The summed E-state index contributed by atoms with van der Waals surface area (Å²) in [5.74, 6) is -0.00827. The lowest BCUT2D eigenvalue weighted by Crippen LogP contribution is -2.44. The van der Waals surface area contributed by atoms with E-state index < -0.39 is 12.1 Å². The number of para-hydroxylation sites is 1. The zero-order chi connectivity index (χ0) is 21.8. The maximum absolute atomic E-state index is 13.6. The first-order valence-electron chi connectivity index (χ1n) is 10.7. The number of urea groups is 1. The van der Waals surface area contributed by atoms with Gasteiger partial charge in [0.25, 0.3) is 5.91 Å². The van der Waals surface area contributed by atoms with Crippen LogP contribution in [0.25, 0.3) is 10.9 Å². The number of rotatable bonds is 3. The van der Waals surface area contributed by atoms with Crippen molar-refractivity contribution >= 4 is 22.8 Å². The molecule has 6 rings (SSSR count). The number of aromatic amines is 1. The van der Waals surface area contributed by atoms with Crippen molar-refractivity contribution in [3.63, 3.8) is 0 Å². The minimum atomic E-state index is -0.559. The molecular weight excluding hydrogens is 402 g/mol. The molecule has 0 saturated carbocycles. The van der Waals surface area contributed by atoms with Gasteiger partial charge in [-0.05, 0) is 34.9 Å². The van der Waals surface area contributed by atoms with Crippen LogP contribution in [0.1, 0.15) is 28.4 Å². The highest BCUT2D eigenvalue weighted by molar-refractivity contribution is 6.05. The van der Waals surface area contributed by atoms with Crippen molar-refractivity contribution in [2.45, 2.75) is 25.0 Å². The average molecular weight is 423 g/mol. The normalized spacial score (nSPS) is 20.0. The second kappa shape index (κ2) is 6.99. The summed E-state index contributed by atoms with van der Waals surface area (Å²) in [5.41, 5.74) is 4.75. The van der Waals surface area contributed by atoms with Gasteiger partial charge in [0, 0.05) is 23.0 Å². The molecule has 2 aliphatic rings. The lowest BCUT2D eigenvalue weighted by atomic mass is 9.89. The number of H-pyrrole nitrogens is 1. The van der Waals surface area contributed by atoms with Gasteiger partial charge in [-0.2, -0.15) is 0 Å². The van der Waals surface area contributed by atoms with Crippen LogP contribution < -0.4 is 0 Å². The number of phenols is 1. The van der Waals surface area contributed by atoms with Crippen molar-refractivity contribution in [3.05, 3.63) is 101 Å². The van der Waals surface area contributed by atoms with Crippen LogP contribution in [0.2, 0.25) is 0 Å². The Morgan fingerprint density at radius 3 is 2.41 bits per heavy atom. The molecule has 2 atom stereocenters. The molecule has 2 aliphatic heterocycles. The van der Waals surface area contributed by atoms with Gasteiger partial charge in [0.1, 0.15) is 17.8 Å². The van der Waals surface area contributed by atoms with Gasteiger partial charge in [0.15, 0.2) is 0 Å². The quantitative estimate of drug-likeness (QED) is 0.481. The molecular formula is C26H21N3O3. The van der Waals surface area contributed by atoms with E-state index in [-0.39, 0.29) is 24.2 Å². The van der Waals surface area contributed by atoms with Crippen molar-refractivity contribution < 1.29 is 14.7 Å². The van der Waals surface area contributed by atoms with E-state index in [9.17, 15) is 14.7 Å². The summed E-state index contributed by atoms with van der Waals surface area (Å²) in [7, 11) is 0. The van der Waals surface area contributed by atoms with Crippen molar-refractivity contribution in [3.8, 4) is 5.75 Å². The molecule has 0 radical (unpaired) electrons. The van der Waals surface area contributed by atoms with Gasteiger partial charge in [0.2, 0.25) is 0 Å². The second-order valence-corrected chi connectivity index (χ2v) is 8.38. The highest BCUT2D eigenvalue weighted by Crippen LogP contribution is 2.44. The van der Waals surface area contributed by atoms with Gasteiger partial charge in [-0.3, -0.25) is 14.6 Å². The van der Waals surface area contributed by atoms with Crippen LogP contribution in [0.3, 0.4) is 0 Å². The molecule has 158 valence electrons. The van der Waals surface area contributed by atoms with Gasteiger partial charge in [-0.1, -0.05) is 60.7 Å². The number of fused-ring (bicyclic) bond motifs is 4. The predicted molar refractivity (Wildman–Crippen MR) is 120 cm³/mol. The summed E-state index contributed by atoms with van der Waals surface area (Å²) in [6, 6.07) is 23.2. The number of carbonyl (C=O) groups excluding carboxylic acids is 2. The summed E-state index contributed by atoms with van der Waals surface area (Å²) in [4.78, 5) is 33.6. The van der Waals surface area contributed by atoms with E-state index in [0.29, 0.717) is 6.42 Å². The number of imide groups is 1. The van der Waals surface area contributed by atoms with E-state index in [1.165, 1.54) is 4.90 Å². The predicted octanol–water partition coefficient (Wildman–Crippen LogP) is 4.35. The second-order valence-electron chi connectivity index (χ2n) is 8.38. The summed E-state index contributed by atoms with van der Waals surface area (Å²) in [5, 5.41) is 10.9. The SMILES string of the molecule is O=C1[C@@H]2Cc3c([nH]c4ccccc34)[C@H](c3ccc(O)cc3)N2C(=O)N1Cc1ccccc1. The van der Waals surface area contributed by atoms with E-state index >= 15 is 0 Å². The third kappa shape index (κ3) is 2.73. The highest BCUT2D eigenvalue weighted by atomic mass is 16.3. The highest BCUT2D eigenvalue weighted by Gasteiger charge is 2.52. The van der Waals surface area contributed by atoms with Crippen molar-refractivity contribution in [1.82, 2.24) is 14.8 Å². The Hall–Kier alpha value is -4.06. The minimum absolute atomic E-state index is 0.160. The van der Waals surface area contributed by atoms with E-state index in [1.807, 2.05) is 60.7 Å². The topological polar surface area (TPSA) is 76.6 Å². The van der Waals surface area contributed by atoms with E-state index in [4.69, 9.17) is 0 Å². The number of hydrogen-bond acceptors (Lipinski definition) is 3. The lowest BCUT2D eigenvalue weighted by Gasteiger charge is -2.36.